The first-order chi connectivity index (χ1) is 5.02. The molecule has 0 aromatic carbocycles. The van der Waals surface area contributed by atoms with E-state index < -0.39 is 5.54 Å². The van der Waals surface area contributed by atoms with Gasteiger partial charge in [0.1, 0.15) is 6.07 Å². The first-order valence-corrected chi connectivity index (χ1v) is 2.95. The Bertz CT molecular complexity index is 261. The average molecular weight is 148 g/mol. The molecule has 11 heavy (non-hydrogen) atoms. The van der Waals surface area contributed by atoms with Gasteiger partial charge in [0.05, 0.1) is 6.07 Å². The van der Waals surface area contributed by atoms with Crippen LogP contribution in [0.3, 0.4) is 0 Å². The van der Waals surface area contributed by atoms with Gasteiger partial charge in [-0.1, -0.05) is 6.58 Å². The molecule has 0 spiro atoms. The molecule has 0 atom stereocenters. The second kappa shape index (κ2) is 3.48. The number of rotatable bonds is 2. The Balaban J connectivity index is 4.30. The molecule has 4 nitrogen and oxygen atoms in total. The van der Waals surface area contributed by atoms with Gasteiger partial charge in [0, 0.05) is 0 Å². The van der Waals surface area contributed by atoms with Crippen molar-refractivity contribution in [1.29, 1.82) is 10.5 Å². The quantitative estimate of drug-likeness (QED) is 0.442. The van der Waals surface area contributed by atoms with Crippen molar-refractivity contribution in [3.8, 4) is 12.1 Å². The minimum atomic E-state index is -0.875. The Morgan fingerprint density at radius 3 is 2.36 bits per heavy atom. The van der Waals surface area contributed by atoms with E-state index in [1.54, 1.807) is 19.9 Å². The molecular weight excluding hydrogens is 140 g/mol. The fourth-order valence-corrected chi connectivity index (χ4v) is 0.230. The Morgan fingerprint density at radius 1 is 1.45 bits per heavy atom. The van der Waals surface area contributed by atoms with E-state index in [1.807, 2.05) is 6.07 Å². The van der Waals surface area contributed by atoms with Crippen LogP contribution in [0.2, 0.25) is 0 Å². The van der Waals surface area contributed by atoms with E-state index in [0.717, 1.165) is 0 Å². The lowest BCUT2D eigenvalue weighted by Crippen LogP contribution is -2.11. The third kappa shape index (κ3) is 3.83. The van der Waals surface area contributed by atoms with Crippen molar-refractivity contribution in [2.75, 3.05) is 0 Å². The van der Waals surface area contributed by atoms with Gasteiger partial charge in [0.25, 0.3) is 0 Å². The zero-order valence-electron chi connectivity index (χ0n) is 6.50. The summed E-state index contributed by atoms with van der Waals surface area (Å²) in [6, 6.07) is 3.61. The lowest BCUT2D eigenvalue weighted by atomic mass is 10.1. The van der Waals surface area contributed by atoms with E-state index in [2.05, 4.69) is 16.8 Å². The average Bonchev–Trinajstić information content (AvgIpc) is 2.00. The largest absolute Gasteiger partial charge is 0.196 e. The molecule has 0 heterocycles. The number of allylic oxidation sites excluding steroid dienone is 1. The van der Waals surface area contributed by atoms with Gasteiger partial charge >= 0.3 is 0 Å². The van der Waals surface area contributed by atoms with Gasteiger partial charge in [-0.15, -0.1) is 5.11 Å². The molecule has 0 aromatic rings. The fraction of sp³-hybridized carbons (Fsp3) is 0.429. The molecule has 0 aliphatic carbocycles. The Morgan fingerprint density at radius 2 is 2.00 bits per heavy atom. The summed E-state index contributed by atoms with van der Waals surface area (Å²) < 4.78 is 0. The van der Waals surface area contributed by atoms with Crippen LogP contribution in [-0.2, 0) is 0 Å². The van der Waals surface area contributed by atoms with Crippen LogP contribution in [-0.4, -0.2) is 5.54 Å². The van der Waals surface area contributed by atoms with Crippen LogP contribution in [0.15, 0.2) is 22.5 Å². The molecule has 0 aromatic heterocycles. The molecule has 0 N–H and O–H groups in total. The summed E-state index contributed by atoms with van der Waals surface area (Å²) in [6.45, 7) is 6.48. The molecule has 0 fully saturated rings. The summed E-state index contributed by atoms with van der Waals surface area (Å²) in [7, 11) is 0. The van der Waals surface area contributed by atoms with Gasteiger partial charge in [-0.05, 0) is 13.8 Å². The fourth-order valence-electron chi connectivity index (χ4n) is 0.230. The first kappa shape index (κ1) is 9.32. The maximum atomic E-state index is 8.46. The molecule has 0 saturated heterocycles. The Labute approximate surface area is 65.5 Å². The highest BCUT2D eigenvalue weighted by Crippen LogP contribution is 2.08. The molecule has 0 aliphatic heterocycles. The second-order valence-electron chi connectivity index (χ2n) is 2.43. The molecular formula is C7H8N4. The van der Waals surface area contributed by atoms with Crippen LogP contribution in [0.25, 0.3) is 0 Å². The standard InChI is InChI=1S/C7H8N4/c1-6(4-8)10-11-7(2,3)5-9/h1H2,2-3H3. The van der Waals surface area contributed by atoms with E-state index in [-0.39, 0.29) is 5.70 Å². The third-order valence-electron chi connectivity index (χ3n) is 0.823. The van der Waals surface area contributed by atoms with Gasteiger partial charge in [0.15, 0.2) is 11.2 Å². The summed E-state index contributed by atoms with van der Waals surface area (Å²) >= 11 is 0. The van der Waals surface area contributed by atoms with Gasteiger partial charge in [-0.3, -0.25) is 0 Å². The highest BCUT2D eigenvalue weighted by atomic mass is 15.1. The molecule has 4 heteroatoms. The molecule has 0 saturated carbocycles. The van der Waals surface area contributed by atoms with Crippen molar-refractivity contribution in [3.63, 3.8) is 0 Å². The van der Waals surface area contributed by atoms with Crippen molar-refractivity contribution < 1.29 is 0 Å². The van der Waals surface area contributed by atoms with Crippen molar-refractivity contribution in [1.82, 2.24) is 0 Å². The van der Waals surface area contributed by atoms with E-state index in [0.29, 0.717) is 0 Å². The first-order valence-electron chi connectivity index (χ1n) is 2.95. The topological polar surface area (TPSA) is 72.3 Å². The minimum absolute atomic E-state index is 0.00771. The summed E-state index contributed by atoms with van der Waals surface area (Å²) in [5.74, 6) is 0. The van der Waals surface area contributed by atoms with E-state index >= 15 is 0 Å². The predicted octanol–water partition coefficient (Wildman–Crippen LogP) is 1.78. The summed E-state index contributed by atoms with van der Waals surface area (Å²) in [4.78, 5) is 0. The van der Waals surface area contributed by atoms with Crippen LogP contribution in [0.1, 0.15) is 13.8 Å². The molecule has 0 unspecified atom stereocenters. The van der Waals surface area contributed by atoms with Crippen molar-refractivity contribution >= 4 is 0 Å². The second-order valence-corrected chi connectivity index (χ2v) is 2.43. The molecule has 0 radical (unpaired) electrons. The van der Waals surface area contributed by atoms with E-state index in [4.69, 9.17) is 10.5 Å². The molecule has 0 rings (SSSR count). The smallest absolute Gasteiger partial charge is 0.162 e. The van der Waals surface area contributed by atoms with Crippen LogP contribution in [0, 0.1) is 22.7 Å². The monoisotopic (exact) mass is 148 g/mol. The molecule has 56 valence electrons. The van der Waals surface area contributed by atoms with E-state index in [9.17, 15) is 0 Å². The maximum absolute atomic E-state index is 8.46. The lowest BCUT2D eigenvalue weighted by molar-refractivity contribution is 0.630. The van der Waals surface area contributed by atoms with Crippen molar-refractivity contribution in [3.05, 3.63) is 12.3 Å². The number of azo groups is 1. The summed E-state index contributed by atoms with van der Waals surface area (Å²) in [5, 5.41) is 23.7. The highest BCUT2D eigenvalue weighted by molar-refractivity contribution is 5.13. The van der Waals surface area contributed by atoms with Crippen LogP contribution in [0.4, 0.5) is 0 Å². The zero-order chi connectivity index (χ0) is 8.91. The van der Waals surface area contributed by atoms with Crippen LogP contribution in [0.5, 0.6) is 0 Å². The minimum Gasteiger partial charge on any atom is -0.196 e. The van der Waals surface area contributed by atoms with Gasteiger partial charge in [0.2, 0.25) is 0 Å². The molecule has 0 aliphatic rings. The Kier molecular flexibility index (Phi) is 2.95. The third-order valence-corrected chi connectivity index (χ3v) is 0.823. The normalized spacial score (nSPS) is 10.5. The summed E-state index contributed by atoms with van der Waals surface area (Å²) in [5.41, 5.74) is -0.867. The van der Waals surface area contributed by atoms with Crippen LogP contribution >= 0.6 is 0 Å². The zero-order valence-corrected chi connectivity index (χ0v) is 6.50. The Hall–Kier alpha value is -1.68. The van der Waals surface area contributed by atoms with Gasteiger partial charge in [-0.2, -0.15) is 15.6 Å². The number of hydrogen-bond acceptors (Lipinski definition) is 4. The maximum Gasteiger partial charge on any atom is 0.162 e. The van der Waals surface area contributed by atoms with Gasteiger partial charge < -0.3 is 0 Å². The SMILES string of the molecule is C=C(C#N)N=NC(C)(C)C#N. The number of nitriles is 2. The molecule has 0 bridgehead atoms. The molecule has 0 amide bonds. The van der Waals surface area contributed by atoms with Crippen LogP contribution < -0.4 is 0 Å². The highest BCUT2D eigenvalue weighted by Gasteiger charge is 2.13. The number of hydrogen-bond donors (Lipinski definition) is 0. The predicted molar refractivity (Wildman–Crippen MR) is 39.3 cm³/mol. The van der Waals surface area contributed by atoms with E-state index in [1.165, 1.54) is 0 Å². The van der Waals surface area contributed by atoms with Gasteiger partial charge in [-0.25, -0.2) is 0 Å². The van der Waals surface area contributed by atoms with Crippen molar-refractivity contribution in [2.24, 2.45) is 10.2 Å². The lowest BCUT2D eigenvalue weighted by Gasteiger charge is -2.03. The number of nitrogens with zero attached hydrogens (tertiary/aromatic N) is 4. The summed E-state index contributed by atoms with van der Waals surface area (Å²) in [6.07, 6.45) is 0. The van der Waals surface area contributed by atoms with Crippen molar-refractivity contribution in [2.45, 2.75) is 19.4 Å².